The summed E-state index contributed by atoms with van der Waals surface area (Å²) in [5.74, 6) is -0.175. The number of anilines is 2. The van der Waals surface area contributed by atoms with E-state index < -0.39 is 17.7 Å². The molecule has 7 nitrogen and oxygen atoms in total. The molecular weight excluding hydrogens is 418 g/mol. The molecule has 0 bridgehead atoms. The number of fused-ring (bicyclic) bond motifs is 1. The molecule has 0 saturated heterocycles. The molecule has 3 amide bonds. The Morgan fingerprint density at radius 2 is 1.82 bits per heavy atom. The van der Waals surface area contributed by atoms with Gasteiger partial charge in [-0.3, -0.25) is 9.69 Å². The predicted octanol–water partition coefficient (Wildman–Crippen LogP) is 4.03. The highest BCUT2D eigenvalue weighted by atomic mass is 16.5. The standard InChI is InChI=1S/C26H27N3O4/c1-18(15-16-19-9-4-3-5-10-19)27-24(30)26(32)22-13-6-7-14-23(22)28-25(31)29(26)20-11-8-12-21(17-20)33-2/h3-14,17-18,32H,15-16H2,1-2H3,(H,27,30)(H,28,31)/t18-,26-/m0/s1. The Hall–Kier alpha value is -3.84. The lowest BCUT2D eigenvalue weighted by Crippen LogP contribution is -2.63. The molecule has 33 heavy (non-hydrogen) atoms. The number of nitrogens with zero attached hydrogens (tertiary/aromatic N) is 1. The maximum atomic E-state index is 13.6. The summed E-state index contributed by atoms with van der Waals surface area (Å²) < 4.78 is 5.28. The van der Waals surface area contributed by atoms with E-state index in [1.165, 1.54) is 7.11 Å². The molecule has 0 radical (unpaired) electrons. The Morgan fingerprint density at radius 1 is 1.09 bits per heavy atom. The van der Waals surface area contributed by atoms with E-state index in [0.717, 1.165) is 16.9 Å². The van der Waals surface area contributed by atoms with E-state index in [4.69, 9.17) is 4.74 Å². The molecule has 3 N–H and O–H groups in total. The zero-order valence-electron chi connectivity index (χ0n) is 18.6. The van der Waals surface area contributed by atoms with E-state index >= 15 is 0 Å². The van der Waals surface area contributed by atoms with E-state index in [9.17, 15) is 14.7 Å². The van der Waals surface area contributed by atoms with Crippen molar-refractivity contribution >= 4 is 23.3 Å². The number of amides is 3. The van der Waals surface area contributed by atoms with Gasteiger partial charge in [0.15, 0.2) is 0 Å². The summed E-state index contributed by atoms with van der Waals surface area (Å²) in [5, 5.41) is 17.6. The largest absolute Gasteiger partial charge is 0.497 e. The van der Waals surface area contributed by atoms with Gasteiger partial charge in [0.2, 0.25) is 0 Å². The lowest BCUT2D eigenvalue weighted by molar-refractivity contribution is -0.141. The van der Waals surface area contributed by atoms with Gasteiger partial charge in [-0.25, -0.2) is 4.79 Å². The number of aryl methyl sites for hydroxylation is 1. The number of aliphatic hydroxyl groups is 1. The fraction of sp³-hybridized carbons (Fsp3) is 0.231. The molecule has 3 aromatic rings. The minimum Gasteiger partial charge on any atom is -0.497 e. The van der Waals surface area contributed by atoms with Crippen molar-refractivity contribution in [1.82, 2.24) is 5.32 Å². The zero-order valence-corrected chi connectivity index (χ0v) is 18.6. The Labute approximate surface area is 193 Å². The van der Waals surface area contributed by atoms with Crippen LogP contribution in [0.25, 0.3) is 0 Å². The van der Waals surface area contributed by atoms with Crippen LogP contribution in [0.1, 0.15) is 24.5 Å². The van der Waals surface area contributed by atoms with Crippen molar-refractivity contribution in [2.24, 2.45) is 0 Å². The van der Waals surface area contributed by atoms with Gasteiger partial charge in [-0.15, -0.1) is 0 Å². The van der Waals surface area contributed by atoms with Crippen molar-refractivity contribution < 1.29 is 19.4 Å². The van der Waals surface area contributed by atoms with Crippen LogP contribution in [0.2, 0.25) is 0 Å². The Morgan fingerprint density at radius 3 is 2.58 bits per heavy atom. The molecule has 7 heteroatoms. The highest BCUT2D eigenvalue weighted by Gasteiger charge is 2.52. The minimum absolute atomic E-state index is 0.231. The molecule has 0 spiro atoms. The zero-order chi connectivity index (χ0) is 23.4. The first-order valence-electron chi connectivity index (χ1n) is 10.9. The summed E-state index contributed by atoms with van der Waals surface area (Å²) in [6.07, 6.45) is 1.45. The molecule has 1 aliphatic rings. The van der Waals surface area contributed by atoms with Crippen molar-refractivity contribution in [3.63, 3.8) is 0 Å². The summed E-state index contributed by atoms with van der Waals surface area (Å²) in [7, 11) is 1.51. The number of carbonyl (C=O) groups is 2. The molecule has 4 rings (SSSR count). The van der Waals surface area contributed by atoms with Crippen LogP contribution in [0.4, 0.5) is 16.2 Å². The third-order valence-electron chi connectivity index (χ3n) is 5.79. The van der Waals surface area contributed by atoms with E-state index in [2.05, 4.69) is 10.6 Å². The van der Waals surface area contributed by atoms with Gasteiger partial charge in [0.05, 0.1) is 18.5 Å². The number of ether oxygens (including phenoxy) is 1. The fourth-order valence-electron chi connectivity index (χ4n) is 4.04. The molecule has 1 aliphatic heterocycles. The highest BCUT2D eigenvalue weighted by Crippen LogP contribution is 2.40. The van der Waals surface area contributed by atoms with Crippen LogP contribution in [0.15, 0.2) is 78.9 Å². The third-order valence-corrected chi connectivity index (χ3v) is 5.79. The minimum atomic E-state index is -2.24. The first-order chi connectivity index (χ1) is 15.9. The van der Waals surface area contributed by atoms with Crippen molar-refractivity contribution in [3.8, 4) is 5.75 Å². The Balaban J connectivity index is 1.66. The topological polar surface area (TPSA) is 90.9 Å². The number of carbonyl (C=O) groups excluding carboxylic acids is 2. The number of benzene rings is 3. The predicted molar refractivity (Wildman–Crippen MR) is 127 cm³/mol. The number of methoxy groups -OCH3 is 1. The Bertz CT molecular complexity index is 1150. The highest BCUT2D eigenvalue weighted by molar-refractivity contribution is 6.11. The third kappa shape index (κ3) is 4.40. The number of hydrogen-bond acceptors (Lipinski definition) is 4. The molecule has 0 aliphatic carbocycles. The van der Waals surface area contributed by atoms with Gasteiger partial charge in [0.1, 0.15) is 5.75 Å². The van der Waals surface area contributed by atoms with Gasteiger partial charge in [-0.2, -0.15) is 0 Å². The van der Waals surface area contributed by atoms with E-state index in [1.54, 1.807) is 48.5 Å². The van der Waals surface area contributed by atoms with Crippen LogP contribution in [0, 0.1) is 0 Å². The second-order valence-electron chi connectivity index (χ2n) is 8.08. The van der Waals surface area contributed by atoms with Crippen molar-refractivity contribution in [3.05, 3.63) is 90.0 Å². The maximum absolute atomic E-state index is 13.6. The van der Waals surface area contributed by atoms with Crippen LogP contribution < -0.4 is 20.3 Å². The lowest BCUT2D eigenvalue weighted by atomic mass is 9.94. The van der Waals surface area contributed by atoms with E-state index in [-0.39, 0.29) is 6.04 Å². The molecule has 3 aromatic carbocycles. The smallest absolute Gasteiger partial charge is 0.329 e. The normalized spacial score (nSPS) is 18.2. The number of rotatable bonds is 7. The summed E-state index contributed by atoms with van der Waals surface area (Å²) in [4.78, 5) is 27.7. The first-order valence-corrected chi connectivity index (χ1v) is 10.9. The molecule has 170 valence electrons. The molecule has 0 saturated carbocycles. The quantitative estimate of drug-likeness (QED) is 0.512. The summed E-state index contributed by atoms with van der Waals surface area (Å²) in [6, 6.07) is 22.6. The Kier molecular flexibility index (Phi) is 6.33. The first kappa shape index (κ1) is 22.4. The van der Waals surface area contributed by atoms with Crippen LogP contribution in [-0.4, -0.2) is 30.2 Å². The fourth-order valence-corrected chi connectivity index (χ4v) is 4.04. The van der Waals surface area contributed by atoms with E-state index in [1.807, 2.05) is 37.3 Å². The molecular formula is C26H27N3O4. The molecule has 0 fully saturated rings. The molecule has 0 unspecified atom stereocenters. The van der Waals surface area contributed by atoms with Crippen LogP contribution >= 0.6 is 0 Å². The number of urea groups is 1. The van der Waals surface area contributed by atoms with Crippen molar-refractivity contribution in [2.45, 2.75) is 31.5 Å². The van der Waals surface area contributed by atoms with Crippen molar-refractivity contribution in [2.75, 3.05) is 17.3 Å². The average molecular weight is 446 g/mol. The lowest BCUT2D eigenvalue weighted by Gasteiger charge is -2.43. The monoisotopic (exact) mass is 445 g/mol. The second-order valence-corrected chi connectivity index (χ2v) is 8.08. The number of nitrogens with one attached hydrogen (secondary N) is 2. The van der Waals surface area contributed by atoms with Gasteiger partial charge in [0, 0.05) is 17.7 Å². The van der Waals surface area contributed by atoms with Gasteiger partial charge in [0.25, 0.3) is 11.6 Å². The van der Waals surface area contributed by atoms with Crippen molar-refractivity contribution in [1.29, 1.82) is 0 Å². The SMILES string of the molecule is COc1cccc(N2C(=O)Nc3ccccc3[C@]2(O)C(=O)N[C@@H](C)CCc2ccccc2)c1. The van der Waals surface area contributed by atoms with Gasteiger partial charge in [-0.1, -0.05) is 54.6 Å². The molecule has 2 atom stereocenters. The molecule has 0 aromatic heterocycles. The number of para-hydroxylation sites is 1. The van der Waals surface area contributed by atoms with Crippen LogP contribution in [0.5, 0.6) is 5.75 Å². The summed E-state index contributed by atoms with van der Waals surface area (Å²) in [6.45, 7) is 1.88. The summed E-state index contributed by atoms with van der Waals surface area (Å²) in [5.41, 5.74) is -0.0724. The van der Waals surface area contributed by atoms with Crippen LogP contribution in [0.3, 0.4) is 0 Å². The molecule has 1 heterocycles. The number of hydrogen-bond donors (Lipinski definition) is 3. The van der Waals surface area contributed by atoms with Gasteiger partial charge < -0.3 is 20.5 Å². The van der Waals surface area contributed by atoms with Crippen LogP contribution in [-0.2, 0) is 16.9 Å². The van der Waals surface area contributed by atoms with E-state index in [0.29, 0.717) is 29.1 Å². The average Bonchev–Trinajstić information content (AvgIpc) is 2.83. The van der Waals surface area contributed by atoms with Gasteiger partial charge in [-0.05, 0) is 43.5 Å². The summed E-state index contributed by atoms with van der Waals surface area (Å²) >= 11 is 0. The maximum Gasteiger partial charge on any atom is 0.329 e. The second kappa shape index (κ2) is 9.34. The van der Waals surface area contributed by atoms with Gasteiger partial charge >= 0.3 is 6.03 Å².